The van der Waals surface area contributed by atoms with Gasteiger partial charge in [0.1, 0.15) is 0 Å². The predicted molar refractivity (Wildman–Crippen MR) is 96.1 cm³/mol. The van der Waals surface area contributed by atoms with Gasteiger partial charge in [-0.15, -0.1) is 10.2 Å². The Morgan fingerprint density at radius 2 is 1.67 bits per heavy atom. The monoisotopic (exact) mass is 362 g/mol. The fourth-order valence-electron chi connectivity index (χ4n) is 2.45. The minimum absolute atomic E-state index is 0.111. The Bertz CT molecular complexity index is 989. The molecule has 3 aromatic rings. The van der Waals surface area contributed by atoms with E-state index in [0.717, 1.165) is 11.1 Å². The molecule has 24 heavy (non-hydrogen) atoms. The minimum atomic E-state index is -3.81. The van der Waals surface area contributed by atoms with Gasteiger partial charge in [-0.2, -0.15) is 0 Å². The standard InChI is InChI=1S/C16H15ClN4O2S/c1-21(2)13-7-3-6-12-11(13)5-4-8-14(12)24(22,23)20-16-10-9-15(17)18-19-16/h3-10H,1-2H3,(H,19,20). The molecule has 1 heterocycles. The van der Waals surface area contributed by atoms with Crippen LogP contribution < -0.4 is 9.62 Å². The maximum Gasteiger partial charge on any atom is 0.263 e. The molecule has 0 aliphatic heterocycles. The highest BCUT2D eigenvalue weighted by Gasteiger charge is 2.19. The molecule has 6 nitrogen and oxygen atoms in total. The van der Waals surface area contributed by atoms with Crippen molar-refractivity contribution in [2.24, 2.45) is 0 Å². The highest BCUT2D eigenvalue weighted by atomic mass is 35.5. The van der Waals surface area contributed by atoms with Crippen molar-refractivity contribution in [1.29, 1.82) is 0 Å². The first-order valence-electron chi connectivity index (χ1n) is 7.09. The Balaban J connectivity index is 2.11. The van der Waals surface area contributed by atoms with Gasteiger partial charge in [0.15, 0.2) is 11.0 Å². The van der Waals surface area contributed by atoms with Crippen LogP contribution in [-0.2, 0) is 10.0 Å². The number of nitrogens with one attached hydrogen (secondary N) is 1. The van der Waals surface area contributed by atoms with E-state index in [1.165, 1.54) is 12.1 Å². The third-order valence-corrected chi connectivity index (χ3v) is 5.12. The number of hydrogen-bond acceptors (Lipinski definition) is 5. The van der Waals surface area contributed by atoms with Crippen LogP contribution in [0.3, 0.4) is 0 Å². The van der Waals surface area contributed by atoms with Crippen LogP contribution in [0.25, 0.3) is 10.8 Å². The Kier molecular flexibility index (Phi) is 4.29. The van der Waals surface area contributed by atoms with Crippen LogP contribution in [0.15, 0.2) is 53.4 Å². The zero-order valence-corrected chi connectivity index (χ0v) is 14.6. The van der Waals surface area contributed by atoms with Crippen molar-refractivity contribution in [2.45, 2.75) is 4.90 Å². The van der Waals surface area contributed by atoms with Crippen LogP contribution in [0.4, 0.5) is 11.5 Å². The molecule has 3 rings (SSSR count). The van der Waals surface area contributed by atoms with E-state index < -0.39 is 10.0 Å². The molecule has 0 atom stereocenters. The maximum absolute atomic E-state index is 12.8. The molecule has 0 saturated heterocycles. The third-order valence-electron chi connectivity index (χ3n) is 3.50. The van der Waals surface area contributed by atoms with Crippen molar-refractivity contribution in [3.63, 3.8) is 0 Å². The van der Waals surface area contributed by atoms with E-state index in [4.69, 9.17) is 11.6 Å². The van der Waals surface area contributed by atoms with Crippen molar-refractivity contribution < 1.29 is 8.42 Å². The summed E-state index contributed by atoms with van der Waals surface area (Å²) in [4.78, 5) is 2.12. The number of aromatic nitrogens is 2. The molecule has 0 aliphatic rings. The van der Waals surface area contributed by atoms with E-state index in [1.807, 2.05) is 37.2 Å². The lowest BCUT2D eigenvalue weighted by molar-refractivity contribution is 0.601. The highest BCUT2D eigenvalue weighted by Crippen LogP contribution is 2.30. The second kappa shape index (κ2) is 6.26. The van der Waals surface area contributed by atoms with Gasteiger partial charge in [0.2, 0.25) is 0 Å². The normalized spacial score (nSPS) is 11.5. The average Bonchev–Trinajstić information content (AvgIpc) is 2.55. The molecule has 0 unspecified atom stereocenters. The van der Waals surface area contributed by atoms with Gasteiger partial charge >= 0.3 is 0 Å². The third kappa shape index (κ3) is 3.13. The summed E-state index contributed by atoms with van der Waals surface area (Å²) in [5.74, 6) is 0.111. The van der Waals surface area contributed by atoms with Crippen molar-refractivity contribution in [1.82, 2.24) is 10.2 Å². The quantitative estimate of drug-likeness (QED) is 0.771. The molecule has 0 radical (unpaired) electrons. The molecule has 0 bridgehead atoms. The SMILES string of the molecule is CN(C)c1cccc2c(S(=O)(=O)Nc3ccc(Cl)nn3)cccc12. The van der Waals surface area contributed by atoms with Crippen molar-refractivity contribution >= 4 is 43.9 Å². The summed E-state index contributed by atoms with van der Waals surface area (Å²) in [5, 5.41) is 9.06. The zero-order valence-electron chi connectivity index (χ0n) is 13.1. The molecule has 0 spiro atoms. The van der Waals surface area contributed by atoms with Gasteiger partial charge < -0.3 is 4.90 Å². The number of halogens is 1. The van der Waals surface area contributed by atoms with Crippen molar-refractivity contribution in [2.75, 3.05) is 23.7 Å². The number of nitrogens with zero attached hydrogens (tertiary/aromatic N) is 3. The van der Waals surface area contributed by atoms with Gasteiger partial charge in [0.25, 0.3) is 10.0 Å². The lowest BCUT2D eigenvalue weighted by Crippen LogP contribution is -2.15. The Hall–Kier alpha value is -2.38. The summed E-state index contributed by atoms with van der Waals surface area (Å²) in [5.41, 5.74) is 0.941. The van der Waals surface area contributed by atoms with E-state index in [0.29, 0.717) is 5.39 Å². The zero-order chi connectivity index (χ0) is 17.3. The largest absolute Gasteiger partial charge is 0.377 e. The Morgan fingerprint density at radius 1 is 0.958 bits per heavy atom. The molecule has 2 aromatic carbocycles. The summed E-state index contributed by atoms with van der Waals surface area (Å²) < 4.78 is 27.9. The van der Waals surface area contributed by atoms with Crippen molar-refractivity contribution in [3.05, 3.63) is 53.7 Å². The fraction of sp³-hybridized carbons (Fsp3) is 0.125. The maximum atomic E-state index is 12.8. The van der Waals surface area contributed by atoms with Crippen LogP contribution in [-0.4, -0.2) is 32.7 Å². The number of sulfonamides is 1. The summed E-state index contributed by atoms with van der Waals surface area (Å²) in [6, 6.07) is 13.7. The summed E-state index contributed by atoms with van der Waals surface area (Å²) in [7, 11) is 0.0190. The van der Waals surface area contributed by atoms with Crippen LogP contribution in [0, 0.1) is 0 Å². The number of anilines is 2. The first kappa shape index (κ1) is 16.5. The van der Waals surface area contributed by atoms with E-state index in [-0.39, 0.29) is 15.9 Å². The van der Waals surface area contributed by atoms with Crippen LogP contribution in [0.5, 0.6) is 0 Å². The van der Waals surface area contributed by atoms with Crippen LogP contribution >= 0.6 is 11.6 Å². The molecule has 0 amide bonds. The summed E-state index contributed by atoms with van der Waals surface area (Å²) >= 11 is 5.67. The Labute approximate surface area is 145 Å². The lowest BCUT2D eigenvalue weighted by Gasteiger charge is -2.17. The fourth-order valence-corrected chi connectivity index (χ4v) is 3.77. The number of rotatable bonds is 4. The predicted octanol–water partition coefficient (Wildman–Crippen LogP) is 3.15. The first-order valence-corrected chi connectivity index (χ1v) is 8.96. The number of hydrogen-bond donors (Lipinski definition) is 1. The van der Waals surface area contributed by atoms with Gasteiger partial charge in [-0.05, 0) is 24.3 Å². The average molecular weight is 363 g/mol. The smallest absolute Gasteiger partial charge is 0.263 e. The molecular weight excluding hydrogens is 348 g/mol. The minimum Gasteiger partial charge on any atom is -0.377 e. The van der Waals surface area contributed by atoms with E-state index in [1.54, 1.807) is 18.2 Å². The van der Waals surface area contributed by atoms with Crippen molar-refractivity contribution in [3.8, 4) is 0 Å². The van der Waals surface area contributed by atoms with Crippen LogP contribution in [0.2, 0.25) is 5.15 Å². The van der Waals surface area contributed by atoms with Gasteiger partial charge in [-0.25, -0.2) is 8.42 Å². The van der Waals surface area contributed by atoms with Gasteiger partial charge in [-0.3, -0.25) is 4.72 Å². The highest BCUT2D eigenvalue weighted by molar-refractivity contribution is 7.93. The van der Waals surface area contributed by atoms with E-state index in [9.17, 15) is 8.42 Å². The molecule has 0 saturated carbocycles. The second-order valence-corrected chi connectivity index (χ2v) is 7.41. The number of fused-ring (bicyclic) bond motifs is 1. The van der Waals surface area contributed by atoms with Crippen LogP contribution in [0.1, 0.15) is 0 Å². The molecular formula is C16H15ClN4O2S. The molecule has 124 valence electrons. The topological polar surface area (TPSA) is 75.2 Å². The second-order valence-electron chi connectivity index (χ2n) is 5.37. The van der Waals surface area contributed by atoms with E-state index >= 15 is 0 Å². The Morgan fingerprint density at radius 3 is 2.33 bits per heavy atom. The summed E-state index contributed by atoms with van der Waals surface area (Å²) in [6.07, 6.45) is 0. The molecule has 0 fully saturated rings. The number of benzene rings is 2. The van der Waals surface area contributed by atoms with Gasteiger partial charge in [0, 0.05) is 30.6 Å². The van der Waals surface area contributed by atoms with E-state index in [2.05, 4.69) is 14.9 Å². The molecule has 8 heteroatoms. The molecule has 0 aliphatic carbocycles. The molecule has 1 aromatic heterocycles. The van der Waals surface area contributed by atoms with Gasteiger partial charge in [-0.1, -0.05) is 35.9 Å². The summed E-state index contributed by atoms with van der Waals surface area (Å²) in [6.45, 7) is 0. The molecule has 1 N–H and O–H groups in total. The van der Waals surface area contributed by atoms with Gasteiger partial charge in [0.05, 0.1) is 4.90 Å². The first-order chi connectivity index (χ1) is 11.4. The lowest BCUT2D eigenvalue weighted by atomic mass is 10.1.